The van der Waals surface area contributed by atoms with Gasteiger partial charge in [0.1, 0.15) is 0 Å². The van der Waals surface area contributed by atoms with Gasteiger partial charge in [-0.15, -0.1) is 0 Å². The van der Waals surface area contributed by atoms with Crippen LogP contribution < -0.4 is 60.2 Å². The molecule has 6 aliphatic rings. The van der Waals surface area contributed by atoms with Crippen LogP contribution in [0.4, 0.5) is 0 Å². The predicted molar refractivity (Wildman–Crippen MR) is 182 cm³/mol. The molecule has 10 heteroatoms. The van der Waals surface area contributed by atoms with Gasteiger partial charge >= 0.3 is 280 Å². The molecule has 6 aliphatic heterocycles. The third-order valence-electron chi connectivity index (χ3n) is 8.98. The Kier molecular flexibility index (Phi) is 5.04. The van der Waals surface area contributed by atoms with Gasteiger partial charge in [0.25, 0.3) is 0 Å². The fraction of sp³-hybridized carbons (Fsp3) is 0. The van der Waals surface area contributed by atoms with E-state index in [1.807, 2.05) is 109 Å². The molecule has 0 unspecified atom stereocenters. The predicted octanol–water partition coefficient (Wildman–Crippen LogP) is 6.76. The van der Waals surface area contributed by atoms with Crippen molar-refractivity contribution < 1.29 is 28.4 Å². The fourth-order valence-corrected chi connectivity index (χ4v) is 20.5. The Morgan fingerprint density at radius 3 is 0.522 bits per heavy atom. The topological polar surface area (TPSA) is 55.4 Å². The molecule has 0 atom stereocenters. The summed E-state index contributed by atoms with van der Waals surface area (Å²) in [5, 5.41) is 6.85. The summed E-state index contributed by atoms with van der Waals surface area (Å²) in [5.74, 6) is 10.5. The zero-order chi connectivity index (χ0) is 30.4. The number of rotatable bonds is 0. The summed E-state index contributed by atoms with van der Waals surface area (Å²) in [6.45, 7) is 0. The second kappa shape index (κ2) is 8.88. The van der Waals surface area contributed by atoms with Crippen molar-refractivity contribution in [2.24, 2.45) is 0 Å². The maximum absolute atomic E-state index is 6.16. The van der Waals surface area contributed by atoms with Crippen molar-refractivity contribution in [1.82, 2.24) is 0 Å². The van der Waals surface area contributed by atoms with Crippen LogP contribution in [0.1, 0.15) is 0 Å². The molecule has 6 heterocycles. The molecule has 0 amide bonds. The first-order valence-corrected chi connectivity index (χ1v) is 22.6. The maximum atomic E-state index is 6.16. The summed E-state index contributed by atoms with van der Waals surface area (Å²) in [7, 11) is 0. The van der Waals surface area contributed by atoms with E-state index in [4.69, 9.17) is 28.4 Å². The summed E-state index contributed by atoms with van der Waals surface area (Å²) < 4.78 is 37.0. The first-order chi connectivity index (χ1) is 22.5. The standard InChI is InChI=1S/2C18H9O3PSe/c2*23-22-16-10-4-1-5-11(16)20-13-7-3-9-15(18(13)22)21-14-8-2-6-12(19-10)17(14)22/h2*1-9H. The van der Waals surface area contributed by atoms with E-state index in [9.17, 15) is 0 Å². The second-order valence-corrected chi connectivity index (χ2v) is 23.5. The van der Waals surface area contributed by atoms with Crippen LogP contribution in [0.5, 0.6) is 69.0 Å². The average molecular weight is 766 g/mol. The van der Waals surface area contributed by atoms with E-state index in [1.54, 1.807) is 0 Å². The Morgan fingerprint density at radius 1 is 0.261 bits per heavy atom. The van der Waals surface area contributed by atoms with Crippen LogP contribution in [0, 0.1) is 0 Å². The minimum absolute atomic E-state index is 0.876. The zero-order valence-electron chi connectivity index (χ0n) is 23.6. The summed E-state index contributed by atoms with van der Waals surface area (Å²) in [6.07, 6.45) is 0. The Bertz CT molecular complexity index is 1960. The first-order valence-electron chi connectivity index (χ1n) is 14.6. The number of ether oxygens (including phenoxy) is 6. The summed E-state index contributed by atoms with van der Waals surface area (Å²) in [6, 6.07) is 36.0. The van der Waals surface area contributed by atoms with E-state index < -0.39 is 11.0 Å². The molecule has 0 saturated carbocycles. The van der Waals surface area contributed by atoms with Crippen LogP contribution in [0.3, 0.4) is 0 Å². The van der Waals surface area contributed by atoms with Crippen molar-refractivity contribution in [2.45, 2.75) is 0 Å². The van der Waals surface area contributed by atoms with Gasteiger partial charge in [0.2, 0.25) is 0 Å². The van der Waals surface area contributed by atoms with Gasteiger partial charge in [0.05, 0.1) is 0 Å². The average Bonchev–Trinajstić information content (AvgIpc) is 3.05. The summed E-state index contributed by atoms with van der Waals surface area (Å²) >= 11 is 7.11. The van der Waals surface area contributed by atoms with Gasteiger partial charge in [-0.25, -0.2) is 0 Å². The van der Waals surface area contributed by atoms with Crippen LogP contribution in [0.2, 0.25) is 0 Å². The van der Waals surface area contributed by atoms with E-state index in [1.165, 1.54) is 0 Å². The van der Waals surface area contributed by atoms with Crippen molar-refractivity contribution in [3.63, 3.8) is 0 Å². The van der Waals surface area contributed by atoms with Gasteiger partial charge in [-0.05, 0) is 0 Å². The van der Waals surface area contributed by atoms with E-state index in [0.29, 0.717) is 0 Å². The molecule has 0 saturated heterocycles. The molecule has 0 bridgehead atoms. The molecule has 6 aromatic carbocycles. The molecule has 220 valence electrons. The first kappa shape index (κ1) is 26.1. The zero-order valence-corrected chi connectivity index (χ0v) is 28.8. The molecule has 0 radical (unpaired) electrons. The van der Waals surface area contributed by atoms with E-state index in [-0.39, 0.29) is 0 Å². The molecule has 6 aromatic rings. The van der Waals surface area contributed by atoms with Crippen molar-refractivity contribution in [3.05, 3.63) is 109 Å². The molecule has 46 heavy (non-hydrogen) atoms. The van der Waals surface area contributed by atoms with Gasteiger partial charge in [0.15, 0.2) is 0 Å². The normalized spacial score (nSPS) is 16.5. The van der Waals surface area contributed by atoms with Crippen LogP contribution in [0.15, 0.2) is 109 Å². The van der Waals surface area contributed by atoms with E-state index in [0.717, 1.165) is 101 Å². The number of hydrogen-bond acceptors (Lipinski definition) is 6. The molecule has 0 aromatic heterocycles. The third-order valence-corrected chi connectivity index (χ3v) is 22.3. The molecule has 6 nitrogen and oxygen atoms in total. The Balaban J connectivity index is 0.000000114. The molecule has 0 aliphatic carbocycles. The van der Waals surface area contributed by atoms with Crippen molar-refractivity contribution >= 4 is 73.0 Å². The van der Waals surface area contributed by atoms with Gasteiger partial charge in [-0.1, -0.05) is 0 Å². The van der Waals surface area contributed by atoms with Crippen LogP contribution in [-0.2, 0) is 0 Å². The van der Waals surface area contributed by atoms with Gasteiger partial charge in [-0.2, -0.15) is 0 Å². The van der Waals surface area contributed by atoms with Crippen LogP contribution >= 0.6 is 11.0 Å². The number of benzene rings is 6. The van der Waals surface area contributed by atoms with E-state index >= 15 is 0 Å². The quantitative estimate of drug-likeness (QED) is 0.126. The van der Waals surface area contributed by atoms with Crippen molar-refractivity contribution in [2.75, 3.05) is 0 Å². The summed E-state index contributed by atoms with van der Waals surface area (Å²) in [4.78, 5) is 0. The fourth-order valence-electron chi connectivity index (χ4n) is 7.25. The minimum atomic E-state index is -1.93. The molecule has 0 spiro atoms. The van der Waals surface area contributed by atoms with Gasteiger partial charge in [0, 0.05) is 0 Å². The Hall–Kier alpha value is -3.98. The SMILES string of the molecule is [Se]=P12c3c4cccc3Oc3cccc(c31)Oc1cccc(c12)O4.[Se]=P12c3c4cccc3Oc3cccc(c31)Oc1cccc(c12)O4. The summed E-state index contributed by atoms with van der Waals surface area (Å²) in [5.41, 5.74) is -3.87. The van der Waals surface area contributed by atoms with Crippen molar-refractivity contribution in [1.29, 1.82) is 0 Å². The molecule has 0 fully saturated rings. The van der Waals surface area contributed by atoms with Gasteiger partial charge < -0.3 is 0 Å². The Labute approximate surface area is 278 Å². The third kappa shape index (κ3) is 3.11. The molecule has 0 N–H and O–H groups in total. The number of hydrogen-bond donors (Lipinski definition) is 0. The van der Waals surface area contributed by atoms with E-state index in [2.05, 4.69) is 30.2 Å². The molecule has 12 rings (SSSR count). The second-order valence-electron chi connectivity index (χ2n) is 11.4. The molecular weight excluding hydrogens is 748 g/mol. The monoisotopic (exact) mass is 768 g/mol. The van der Waals surface area contributed by atoms with Crippen LogP contribution in [0.25, 0.3) is 0 Å². The Morgan fingerprint density at radius 2 is 0.391 bits per heavy atom. The van der Waals surface area contributed by atoms with Crippen LogP contribution in [-0.4, -0.2) is 30.2 Å². The van der Waals surface area contributed by atoms with Gasteiger partial charge in [-0.3, -0.25) is 0 Å². The molecular formula is C36H18O6P2Se2. The van der Waals surface area contributed by atoms with Crippen molar-refractivity contribution in [3.8, 4) is 69.0 Å².